The lowest BCUT2D eigenvalue weighted by Gasteiger charge is -2.14. The van der Waals surface area contributed by atoms with Crippen LogP contribution in [0, 0.1) is 0 Å². The van der Waals surface area contributed by atoms with E-state index in [1.54, 1.807) is 0 Å². The molecule has 2 N–H and O–H groups in total. The molecular formula is C8H16O4S. The highest BCUT2D eigenvalue weighted by atomic mass is 32.1. The van der Waals surface area contributed by atoms with Gasteiger partial charge in [0.25, 0.3) is 0 Å². The molecule has 0 saturated carbocycles. The Morgan fingerprint density at radius 1 is 1.38 bits per heavy atom. The fraction of sp³-hybridized carbons (Fsp3) is 1.00. The molecule has 1 aliphatic rings. The fourth-order valence-corrected chi connectivity index (χ4v) is 1.54. The summed E-state index contributed by atoms with van der Waals surface area (Å²) < 4.78 is 10.4. The molecule has 13 heavy (non-hydrogen) atoms. The number of ether oxygens (including phenoxy) is 2. The zero-order chi connectivity index (χ0) is 9.84. The predicted molar refractivity (Wildman–Crippen MR) is 50.8 cm³/mol. The van der Waals surface area contributed by atoms with Gasteiger partial charge in [-0.05, 0) is 6.42 Å². The maximum atomic E-state index is 9.45. The number of hydrogen-bond donors (Lipinski definition) is 3. The maximum Gasteiger partial charge on any atom is 0.186 e. The number of hydrogen-bond acceptors (Lipinski definition) is 5. The zero-order valence-electron chi connectivity index (χ0n) is 7.59. The van der Waals surface area contributed by atoms with Crippen LogP contribution in [-0.2, 0) is 9.47 Å². The molecule has 0 amide bonds. The molecule has 1 aliphatic heterocycles. The van der Waals surface area contributed by atoms with Crippen molar-refractivity contribution < 1.29 is 19.7 Å². The molecule has 0 aromatic carbocycles. The molecule has 1 heterocycles. The van der Waals surface area contributed by atoms with E-state index < -0.39 is 24.6 Å². The minimum Gasteiger partial charge on any atom is -0.387 e. The van der Waals surface area contributed by atoms with Crippen LogP contribution in [0.3, 0.4) is 0 Å². The lowest BCUT2D eigenvalue weighted by molar-refractivity contribution is -0.162. The highest BCUT2D eigenvalue weighted by Gasteiger charge is 2.42. The average molecular weight is 208 g/mol. The molecule has 1 rings (SSSR count). The first-order valence-corrected chi connectivity index (χ1v) is 5.08. The summed E-state index contributed by atoms with van der Waals surface area (Å²) in [4.78, 5) is 0. The first-order chi connectivity index (χ1) is 6.20. The van der Waals surface area contributed by atoms with E-state index in [4.69, 9.17) is 9.47 Å². The predicted octanol–water partition coefficient (Wildman–Crippen LogP) is -0.211. The van der Waals surface area contributed by atoms with Gasteiger partial charge in [0.15, 0.2) is 6.29 Å². The summed E-state index contributed by atoms with van der Waals surface area (Å²) in [6.45, 7) is 2.49. The van der Waals surface area contributed by atoms with Crippen LogP contribution in [0.2, 0.25) is 0 Å². The van der Waals surface area contributed by atoms with Gasteiger partial charge in [0.2, 0.25) is 0 Å². The van der Waals surface area contributed by atoms with E-state index in [2.05, 4.69) is 12.6 Å². The van der Waals surface area contributed by atoms with Crippen molar-refractivity contribution in [1.29, 1.82) is 0 Å². The minimum absolute atomic E-state index is 0.379. The van der Waals surface area contributed by atoms with Gasteiger partial charge >= 0.3 is 0 Å². The third-order valence-electron chi connectivity index (χ3n) is 1.98. The highest BCUT2D eigenvalue weighted by molar-refractivity contribution is 7.80. The Morgan fingerprint density at radius 3 is 2.54 bits per heavy atom. The van der Waals surface area contributed by atoms with E-state index >= 15 is 0 Å². The number of rotatable bonds is 4. The summed E-state index contributed by atoms with van der Waals surface area (Å²) in [7, 11) is 0. The Balaban J connectivity index is 2.40. The SMILES string of the molecule is CCCO[C@@H]1O[C@H](CS)[C@@H](O)[C@H]1O. The summed E-state index contributed by atoms with van der Waals surface area (Å²) in [5.41, 5.74) is 0. The Hall–Kier alpha value is 0.190. The molecule has 0 radical (unpaired) electrons. The second-order valence-corrected chi connectivity index (χ2v) is 3.44. The summed E-state index contributed by atoms with van der Waals surface area (Å²) in [5.74, 6) is 0.379. The molecule has 0 aromatic heterocycles. The van der Waals surface area contributed by atoms with Crippen LogP contribution < -0.4 is 0 Å². The molecular weight excluding hydrogens is 192 g/mol. The topological polar surface area (TPSA) is 58.9 Å². The average Bonchev–Trinajstić information content (AvgIpc) is 2.41. The quantitative estimate of drug-likeness (QED) is 0.560. The Labute approximate surface area is 83.3 Å². The third kappa shape index (κ3) is 2.57. The monoisotopic (exact) mass is 208 g/mol. The molecule has 1 saturated heterocycles. The van der Waals surface area contributed by atoms with Crippen molar-refractivity contribution in [3.8, 4) is 0 Å². The molecule has 4 nitrogen and oxygen atoms in total. The van der Waals surface area contributed by atoms with Gasteiger partial charge in [-0.25, -0.2) is 0 Å². The van der Waals surface area contributed by atoms with Gasteiger partial charge in [-0.3, -0.25) is 0 Å². The molecule has 5 heteroatoms. The van der Waals surface area contributed by atoms with Gasteiger partial charge in [-0.1, -0.05) is 6.92 Å². The number of aliphatic hydroxyl groups is 2. The second kappa shape index (κ2) is 5.17. The Morgan fingerprint density at radius 2 is 2.08 bits per heavy atom. The number of aliphatic hydroxyl groups excluding tert-OH is 2. The van der Waals surface area contributed by atoms with Crippen LogP contribution in [0.1, 0.15) is 13.3 Å². The van der Waals surface area contributed by atoms with Crippen molar-refractivity contribution in [1.82, 2.24) is 0 Å². The van der Waals surface area contributed by atoms with Crippen LogP contribution in [0.15, 0.2) is 0 Å². The van der Waals surface area contributed by atoms with E-state index in [9.17, 15) is 10.2 Å². The number of thiol groups is 1. The van der Waals surface area contributed by atoms with Crippen molar-refractivity contribution in [2.45, 2.75) is 37.9 Å². The summed E-state index contributed by atoms with van der Waals surface area (Å²) in [6, 6.07) is 0. The molecule has 0 aromatic rings. The van der Waals surface area contributed by atoms with Gasteiger partial charge in [0, 0.05) is 12.4 Å². The summed E-state index contributed by atoms with van der Waals surface area (Å²) in [5, 5.41) is 18.9. The molecule has 0 spiro atoms. The molecule has 0 aliphatic carbocycles. The van der Waals surface area contributed by atoms with Crippen molar-refractivity contribution in [2.24, 2.45) is 0 Å². The van der Waals surface area contributed by atoms with Crippen molar-refractivity contribution >= 4 is 12.6 Å². The highest BCUT2D eigenvalue weighted by Crippen LogP contribution is 2.22. The van der Waals surface area contributed by atoms with Gasteiger partial charge < -0.3 is 19.7 Å². The normalized spacial score (nSPS) is 39.7. The van der Waals surface area contributed by atoms with Crippen LogP contribution in [0.5, 0.6) is 0 Å². The van der Waals surface area contributed by atoms with Gasteiger partial charge in [-0.2, -0.15) is 12.6 Å². The second-order valence-electron chi connectivity index (χ2n) is 3.08. The largest absolute Gasteiger partial charge is 0.387 e. The maximum absolute atomic E-state index is 9.45. The smallest absolute Gasteiger partial charge is 0.186 e. The van der Waals surface area contributed by atoms with Crippen LogP contribution in [0.25, 0.3) is 0 Å². The molecule has 1 fully saturated rings. The molecule has 0 bridgehead atoms. The summed E-state index contributed by atoms with van der Waals surface area (Å²) in [6.07, 6.45) is -2.12. The molecule has 78 valence electrons. The zero-order valence-corrected chi connectivity index (χ0v) is 8.48. The van der Waals surface area contributed by atoms with Crippen molar-refractivity contribution in [2.75, 3.05) is 12.4 Å². The first kappa shape index (κ1) is 11.3. The van der Waals surface area contributed by atoms with E-state index in [1.807, 2.05) is 6.92 Å². The van der Waals surface area contributed by atoms with Gasteiger partial charge in [-0.15, -0.1) is 0 Å². The van der Waals surface area contributed by atoms with E-state index in [0.717, 1.165) is 6.42 Å². The van der Waals surface area contributed by atoms with Gasteiger partial charge in [0.1, 0.15) is 12.2 Å². The van der Waals surface area contributed by atoms with Crippen LogP contribution >= 0.6 is 12.6 Å². The van der Waals surface area contributed by atoms with Crippen LogP contribution in [-0.4, -0.2) is 47.2 Å². The van der Waals surface area contributed by atoms with E-state index in [1.165, 1.54) is 0 Å². The molecule has 4 atom stereocenters. The Bertz CT molecular complexity index is 155. The van der Waals surface area contributed by atoms with Crippen molar-refractivity contribution in [3.05, 3.63) is 0 Å². The van der Waals surface area contributed by atoms with E-state index in [-0.39, 0.29) is 0 Å². The summed E-state index contributed by atoms with van der Waals surface area (Å²) >= 11 is 4.00. The third-order valence-corrected chi connectivity index (χ3v) is 2.34. The lowest BCUT2D eigenvalue weighted by Crippen LogP contribution is -2.34. The van der Waals surface area contributed by atoms with Crippen LogP contribution in [0.4, 0.5) is 0 Å². The lowest BCUT2D eigenvalue weighted by atomic mass is 10.1. The van der Waals surface area contributed by atoms with Crippen molar-refractivity contribution in [3.63, 3.8) is 0 Å². The van der Waals surface area contributed by atoms with E-state index in [0.29, 0.717) is 12.4 Å². The Kier molecular flexibility index (Phi) is 4.48. The fourth-order valence-electron chi connectivity index (χ4n) is 1.24. The first-order valence-electron chi connectivity index (χ1n) is 4.44. The molecule has 0 unspecified atom stereocenters. The minimum atomic E-state index is -0.955. The standard InChI is InChI=1S/C8H16O4S/c1-2-3-11-8-7(10)6(9)5(4-13)12-8/h5-10,13H,2-4H2,1H3/t5-,6-,7-,8-/m1/s1. The van der Waals surface area contributed by atoms with Gasteiger partial charge in [0.05, 0.1) is 6.10 Å².